The molecule has 0 radical (unpaired) electrons. The Kier molecular flexibility index (Phi) is 3.64. The zero-order valence-electron chi connectivity index (χ0n) is 12.1. The summed E-state index contributed by atoms with van der Waals surface area (Å²) >= 11 is 0. The van der Waals surface area contributed by atoms with E-state index in [2.05, 4.69) is 0 Å². The summed E-state index contributed by atoms with van der Waals surface area (Å²) in [5, 5.41) is 19.5. The molecule has 5 atom stereocenters. The molecule has 2 rings (SSSR count). The first-order chi connectivity index (χ1) is 9.31. The number of ether oxygens (including phenoxy) is 1. The maximum absolute atomic E-state index is 12.1. The van der Waals surface area contributed by atoms with Crippen molar-refractivity contribution in [1.29, 1.82) is 5.26 Å². The molecule has 0 heterocycles. The molecule has 0 amide bonds. The molecule has 2 aliphatic carbocycles. The number of rotatable bonds is 4. The van der Waals surface area contributed by atoms with Crippen molar-refractivity contribution in [2.75, 3.05) is 0 Å². The second kappa shape index (κ2) is 4.85. The summed E-state index contributed by atoms with van der Waals surface area (Å²) in [7, 11) is 0. The van der Waals surface area contributed by atoms with Crippen LogP contribution in [-0.4, -0.2) is 29.6 Å². The molecule has 2 bridgehead atoms. The fourth-order valence-corrected chi connectivity index (χ4v) is 3.29. The molecule has 2 fully saturated rings. The topological polar surface area (TPSA) is 87.4 Å². The summed E-state index contributed by atoms with van der Waals surface area (Å²) < 4.78 is 5.48. The minimum absolute atomic E-state index is 0.101. The number of aliphatic hydroxyl groups excluding tert-OH is 1. The van der Waals surface area contributed by atoms with Crippen molar-refractivity contribution in [3.05, 3.63) is 0 Å². The Hall–Kier alpha value is -1.41. The van der Waals surface area contributed by atoms with E-state index in [4.69, 9.17) is 4.74 Å². The third-order valence-electron chi connectivity index (χ3n) is 5.13. The Morgan fingerprint density at radius 2 is 2.25 bits per heavy atom. The van der Waals surface area contributed by atoms with Gasteiger partial charge in [-0.1, -0.05) is 6.92 Å². The molecule has 5 heteroatoms. The van der Waals surface area contributed by atoms with Gasteiger partial charge in [0.05, 0.1) is 17.6 Å². The van der Waals surface area contributed by atoms with Crippen LogP contribution in [0.3, 0.4) is 0 Å². The van der Waals surface area contributed by atoms with Gasteiger partial charge >= 0.3 is 5.97 Å². The van der Waals surface area contributed by atoms with E-state index in [0.29, 0.717) is 25.5 Å². The number of aldehydes is 1. The lowest BCUT2D eigenvalue weighted by atomic mass is 9.73. The molecule has 0 aliphatic heterocycles. The summed E-state index contributed by atoms with van der Waals surface area (Å²) in [6, 6.07) is 2.04. The van der Waals surface area contributed by atoms with E-state index >= 15 is 0 Å². The zero-order chi connectivity index (χ0) is 15.1. The third kappa shape index (κ3) is 2.03. The van der Waals surface area contributed by atoms with E-state index in [1.54, 1.807) is 13.8 Å². The first kappa shape index (κ1) is 15.0. The van der Waals surface area contributed by atoms with Crippen molar-refractivity contribution in [2.45, 2.75) is 52.2 Å². The Labute approximate surface area is 118 Å². The molecular formula is C15H21NO4. The van der Waals surface area contributed by atoms with Crippen molar-refractivity contribution in [1.82, 2.24) is 0 Å². The highest BCUT2D eigenvalue weighted by molar-refractivity contribution is 5.76. The van der Waals surface area contributed by atoms with Crippen LogP contribution in [0.25, 0.3) is 0 Å². The fourth-order valence-electron chi connectivity index (χ4n) is 3.29. The minimum Gasteiger partial charge on any atom is -0.459 e. The molecule has 5 unspecified atom stereocenters. The lowest BCUT2D eigenvalue weighted by Crippen LogP contribution is -2.46. The second-order valence-electron chi connectivity index (χ2n) is 6.67. The number of aliphatic hydroxyl groups is 1. The summed E-state index contributed by atoms with van der Waals surface area (Å²) in [4.78, 5) is 23.3. The van der Waals surface area contributed by atoms with Crippen LogP contribution in [0.4, 0.5) is 0 Å². The van der Waals surface area contributed by atoms with E-state index < -0.39 is 29.0 Å². The largest absolute Gasteiger partial charge is 0.459 e. The number of esters is 1. The van der Waals surface area contributed by atoms with Gasteiger partial charge in [-0.25, -0.2) is 0 Å². The molecule has 20 heavy (non-hydrogen) atoms. The molecule has 2 aliphatic rings. The van der Waals surface area contributed by atoms with Crippen LogP contribution in [0.2, 0.25) is 0 Å². The first-order valence-corrected chi connectivity index (χ1v) is 7.08. The van der Waals surface area contributed by atoms with Crippen molar-refractivity contribution in [3.8, 4) is 6.07 Å². The van der Waals surface area contributed by atoms with Crippen molar-refractivity contribution < 1.29 is 19.4 Å². The summed E-state index contributed by atoms with van der Waals surface area (Å²) in [5.41, 5.74) is -1.69. The molecule has 5 nitrogen and oxygen atoms in total. The number of fused-ring (bicyclic) bond motifs is 2. The van der Waals surface area contributed by atoms with Gasteiger partial charge in [0, 0.05) is 11.8 Å². The fraction of sp³-hybridized carbons (Fsp3) is 0.800. The SMILES string of the molecule is CCC(C)(C)C(=O)OC1C2CC(C1O)C(C#N)(C=O)C2. The molecule has 0 aromatic heterocycles. The van der Waals surface area contributed by atoms with E-state index in [9.17, 15) is 20.0 Å². The highest BCUT2D eigenvalue weighted by Crippen LogP contribution is 2.55. The summed E-state index contributed by atoms with van der Waals surface area (Å²) in [6.45, 7) is 5.52. The maximum atomic E-state index is 12.1. The average Bonchev–Trinajstić information content (AvgIpc) is 2.96. The van der Waals surface area contributed by atoms with E-state index in [-0.39, 0.29) is 11.9 Å². The first-order valence-electron chi connectivity index (χ1n) is 7.08. The van der Waals surface area contributed by atoms with Gasteiger partial charge in [-0.3, -0.25) is 4.79 Å². The summed E-state index contributed by atoms with van der Waals surface area (Å²) in [6.07, 6.45) is 0.737. The monoisotopic (exact) mass is 279 g/mol. The van der Waals surface area contributed by atoms with Gasteiger partial charge in [0.25, 0.3) is 0 Å². The second-order valence-corrected chi connectivity index (χ2v) is 6.67. The van der Waals surface area contributed by atoms with Gasteiger partial charge in [0.2, 0.25) is 0 Å². The molecule has 1 N–H and O–H groups in total. The maximum Gasteiger partial charge on any atom is 0.311 e. The van der Waals surface area contributed by atoms with Crippen LogP contribution in [0, 0.1) is 34.0 Å². The van der Waals surface area contributed by atoms with E-state index in [1.807, 2.05) is 13.0 Å². The predicted octanol–water partition coefficient (Wildman–Crippen LogP) is 1.44. The van der Waals surface area contributed by atoms with Crippen LogP contribution >= 0.6 is 0 Å². The Morgan fingerprint density at radius 1 is 1.60 bits per heavy atom. The lowest BCUT2D eigenvalue weighted by molar-refractivity contribution is -0.171. The zero-order valence-corrected chi connectivity index (χ0v) is 12.1. The van der Waals surface area contributed by atoms with Gasteiger partial charge < -0.3 is 14.6 Å². The van der Waals surface area contributed by atoms with Gasteiger partial charge in [0.1, 0.15) is 17.8 Å². The Balaban J connectivity index is 2.11. The predicted molar refractivity (Wildman–Crippen MR) is 70.3 cm³/mol. The van der Waals surface area contributed by atoms with Gasteiger partial charge in [0.15, 0.2) is 0 Å². The number of hydrogen-bond donors (Lipinski definition) is 1. The molecule has 0 spiro atoms. The van der Waals surface area contributed by atoms with Crippen LogP contribution in [-0.2, 0) is 14.3 Å². The van der Waals surface area contributed by atoms with Crippen molar-refractivity contribution in [3.63, 3.8) is 0 Å². The number of nitriles is 1. The van der Waals surface area contributed by atoms with Gasteiger partial charge in [-0.15, -0.1) is 0 Å². The Bertz CT molecular complexity index is 465. The van der Waals surface area contributed by atoms with Gasteiger partial charge in [-0.2, -0.15) is 5.26 Å². The average molecular weight is 279 g/mol. The minimum atomic E-state index is -1.10. The molecule has 0 aromatic carbocycles. The highest BCUT2D eigenvalue weighted by atomic mass is 16.6. The number of hydrogen-bond acceptors (Lipinski definition) is 5. The highest BCUT2D eigenvalue weighted by Gasteiger charge is 2.62. The lowest BCUT2D eigenvalue weighted by Gasteiger charge is -2.35. The molecule has 0 aromatic rings. The molecule has 2 saturated carbocycles. The van der Waals surface area contributed by atoms with E-state index in [0.717, 1.165) is 0 Å². The number of nitrogens with zero attached hydrogens (tertiary/aromatic N) is 1. The van der Waals surface area contributed by atoms with Crippen molar-refractivity contribution >= 4 is 12.3 Å². The molecule has 0 saturated heterocycles. The standard InChI is InChI=1S/C15H21NO4/c1-4-14(2,3)13(19)20-12-9-5-10(11(12)18)15(6-9,7-16)8-17/h8-12,18H,4-6H2,1-3H3. The number of carbonyl (C=O) groups is 2. The van der Waals surface area contributed by atoms with Crippen molar-refractivity contribution in [2.24, 2.45) is 22.7 Å². The van der Waals surface area contributed by atoms with Crippen LogP contribution in [0.5, 0.6) is 0 Å². The molecular weight excluding hydrogens is 258 g/mol. The summed E-state index contributed by atoms with van der Waals surface area (Å²) in [5.74, 6) is -0.848. The van der Waals surface area contributed by atoms with Gasteiger partial charge in [-0.05, 0) is 33.1 Å². The molecule has 110 valence electrons. The smallest absolute Gasteiger partial charge is 0.311 e. The quantitative estimate of drug-likeness (QED) is 0.621. The number of carbonyl (C=O) groups excluding carboxylic acids is 2. The van der Waals surface area contributed by atoms with Crippen LogP contribution in [0.15, 0.2) is 0 Å². The van der Waals surface area contributed by atoms with Crippen LogP contribution < -0.4 is 0 Å². The normalized spacial score (nSPS) is 39.4. The van der Waals surface area contributed by atoms with Crippen LogP contribution in [0.1, 0.15) is 40.0 Å². The van der Waals surface area contributed by atoms with E-state index in [1.165, 1.54) is 0 Å². The Morgan fingerprint density at radius 3 is 2.70 bits per heavy atom. The third-order valence-corrected chi connectivity index (χ3v) is 5.13.